The van der Waals surface area contributed by atoms with Gasteiger partial charge in [-0.3, -0.25) is 9.80 Å². The van der Waals surface area contributed by atoms with E-state index in [1.54, 1.807) is 11.3 Å². The van der Waals surface area contributed by atoms with Gasteiger partial charge in [0.15, 0.2) is 0 Å². The molecule has 5 heteroatoms. The lowest BCUT2D eigenvalue weighted by Crippen LogP contribution is -2.48. The smallest absolute Gasteiger partial charge is 0.107 e. The zero-order valence-corrected chi connectivity index (χ0v) is 15.0. The Balaban J connectivity index is 1.40. The van der Waals surface area contributed by atoms with Crippen molar-refractivity contribution < 1.29 is 4.74 Å². The predicted octanol–water partition coefficient (Wildman–Crippen LogP) is 3.11. The number of hydrogen-bond donors (Lipinski definition) is 0. The van der Waals surface area contributed by atoms with Crippen molar-refractivity contribution >= 4 is 11.3 Å². The highest BCUT2D eigenvalue weighted by atomic mass is 32.1. The highest BCUT2D eigenvalue weighted by molar-refractivity contribution is 7.09. The van der Waals surface area contributed by atoms with Crippen molar-refractivity contribution in [2.45, 2.75) is 32.0 Å². The minimum atomic E-state index is 0.590. The largest absolute Gasteiger partial charge is 0.379 e. The van der Waals surface area contributed by atoms with Crippen molar-refractivity contribution in [3.63, 3.8) is 0 Å². The fourth-order valence-corrected chi connectivity index (χ4v) is 4.73. The molecule has 3 heterocycles. The molecule has 2 fully saturated rings. The molecule has 4 nitrogen and oxygen atoms in total. The molecular formula is C19H25N3OS. The normalized spacial score (nSPS) is 26.0. The summed E-state index contributed by atoms with van der Waals surface area (Å²) in [5.74, 6) is 0. The van der Waals surface area contributed by atoms with E-state index in [-0.39, 0.29) is 0 Å². The van der Waals surface area contributed by atoms with Crippen LogP contribution in [-0.4, -0.2) is 59.7 Å². The fourth-order valence-electron chi connectivity index (χ4n) is 3.90. The average Bonchev–Trinajstić information content (AvgIpc) is 3.25. The Bertz CT molecular complexity index is 654. The number of thiazole rings is 1. The van der Waals surface area contributed by atoms with Crippen molar-refractivity contribution in [3.8, 4) is 11.3 Å². The molecule has 2 atom stereocenters. The second kappa shape index (κ2) is 7.31. The molecule has 4 rings (SSSR count). The Hall–Kier alpha value is -1.27. The molecule has 1 aromatic heterocycles. The van der Waals surface area contributed by atoms with Gasteiger partial charge in [0.25, 0.3) is 0 Å². The molecule has 2 aliphatic rings. The van der Waals surface area contributed by atoms with Gasteiger partial charge in [-0.2, -0.15) is 0 Å². The molecular weight excluding hydrogens is 318 g/mol. The highest BCUT2D eigenvalue weighted by Gasteiger charge is 2.35. The summed E-state index contributed by atoms with van der Waals surface area (Å²) < 4.78 is 5.50. The van der Waals surface area contributed by atoms with Gasteiger partial charge in [0, 0.05) is 42.7 Å². The van der Waals surface area contributed by atoms with Crippen LogP contribution >= 0.6 is 11.3 Å². The first-order valence-corrected chi connectivity index (χ1v) is 9.75. The van der Waals surface area contributed by atoms with Crippen LogP contribution in [0.2, 0.25) is 0 Å². The standard InChI is InChI=1S/C19H25N3OS/c1-15-18(21-9-11-23-12-10-21)7-8-22(15)13-19-20-17(14-24-19)16-5-3-2-4-6-16/h2-6,14-15,18H,7-13H2,1H3/t15-,18-/m1/s1. The maximum atomic E-state index is 5.50. The number of morpholine rings is 1. The molecule has 128 valence electrons. The average molecular weight is 343 g/mol. The second-order valence-electron chi connectivity index (χ2n) is 6.71. The third kappa shape index (κ3) is 3.40. The number of hydrogen-bond acceptors (Lipinski definition) is 5. The van der Waals surface area contributed by atoms with Gasteiger partial charge < -0.3 is 4.74 Å². The van der Waals surface area contributed by atoms with Crippen LogP contribution in [0.3, 0.4) is 0 Å². The second-order valence-corrected chi connectivity index (χ2v) is 7.65. The summed E-state index contributed by atoms with van der Waals surface area (Å²) in [4.78, 5) is 10.1. The molecule has 24 heavy (non-hydrogen) atoms. The molecule has 0 radical (unpaired) electrons. The maximum Gasteiger partial charge on any atom is 0.107 e. The Morgan fingerprint density at radius 2 is 1.96 bits per heavy atom. The summed E-state index contributed by atoms with van der Waals surface area (Å²) >= 11 is 1.78. The van der Waals surface area contributed by atoms with Gasteiger partial charge in [0.05, 0.1) is 25.5 Å². The molecule has 0 spiro atoms. The van der Waals surface area contributed by atoms with E-state index in [0.717, 1.165) is 38.5 Å². The van der Waals surface area contributed by atoms with Crippen LogP contribution in [-0.2, 0) is 11.3 Å². The van der Waals surface area contributed by atoms with Crippen LogP contribution < -0.4 is 0 Å². The van der Waals surface area contributed by atoms with Gasteiger partial charge in [-0.05, 0) is 13.3 Å². The number of nitrogens with zero attached hydrogens (tertiary/aromatic N) is 3. The van der Waals surface area contributed by atoms with Crippen molar-refractivity contribution in [3.05, 3.63) is 40.7 Å². The molecule has 2 aromatic rings. The van der Waals surface area contributed by atoms with E-state index < -0.39 is 0 Å². The molecule has 0 amide bonds. The molecule has 0 bridgehead atoms. The summed E-state index contributed by atoms with van der Waals surface area (Å²) in [7, 11) is 0. The van der Waals surface area contributed by atoms with E-state index in [9.17, 15) is 0 Å². The molecule has 2 aliphatic heterocycles. The lowest BCUT2D eigenvalue weighted by atomic mass is 10.1. The molecule has 0 unspecified atom stereocenters. The van der Waals surface area contributed by atoms with Crippen LogP contribution in [0.1, 0.15) is 18.4 Å². The molecule has 0 saturated carbocycles. The summed E-state index contributed by atoms with van der Waals surface area (Å²) in [5.41, 5.74) is 2.31. The number of likely N-dealkylation sites (tertiary alicyclic amines) is 1. The van der Waals surface area contributed by atoms with Gasteiger partial charge in [-0.1, -0.05) is 30.3 Å². The minimum absolute atomic E-state index is 0.590. The van der Waals surface area contributed by atoms with Crippen molar-refractivity contribution in [2.24, 2.45) is 0 Å². The predicted molar refractivity (Wildman–Crippen MR) is 98.2 cm³/mol. The van der Waals surface area contributed by atoms with Crippen LogP contribution in [0, 0.1) is 0 Å². The lowest BCUT2D eigenvalue weighted by molar-refractivity contribution is 0.00983. The fraction of sp³-hybridized carbons (Fsp3) is 0.526. The van der Waals surface area contributed by atoms with Crippen molar-refractivity contribution in [1.29, 1.82) is 0 Å². The van der Waals surface area contributed by atoms with Crippen LogP contribution in [0.4, 0.5) is 0 Å². The number of aromatic nitrogens is 1. The van der Waals surface area contributed by atoms with Crippen molar-refractivity contribution in [1.82, 2.24) is 14.8 Å². The number of benzene rings is 1. The summed E-state index contributed by atoms with van der Waals surface area (Å²) in [6.07, 6.45) is 1.26. The summed E-state index contributed by atoms with van der Waals surface area (Å²) in [6, 6.07) is 11.7. The Morgan fingerprint density at radius 3 is 2.75 bits per heavy atom. The minimum Gasteiger partial charge on any atom is -0.379 e. The lowest BCUT2D eigenvalue weighted by Gasteiger charge is -2.35. The highest BCUT2D eigenvalue weighted by Crippen LogP contribution is 2.28. The zero-order valence-electron chi connectivity index (χ0n) is 14.2. The number of rotatable bonds is 4. The van der Waals surface area contributed by atoms with Crippen LogP contribution in [0.15, 0.2) is 35.7 Å². The molecule has 1 aromatic carbocycles. The van der Waals surface area contributed by atoms with Crippen molar-refractivity contribution in [2.75, 3.05) is 32.8 Å². The van der Waals surface area contributed by atoms with Gasteiger partial charge >= 0.3 is 0 Å². The van der Waals surface area contributed by atoms with E-state index in [0.29, 0.717) is 12.1 Å². The van der Waals surface area contributed by atoms with Gasteiger partial charge in [0.2, 0.25) is 0 Å². The quantitative estimate of drug-likeness (QED) is 0.853. The van der Waals surface area contributed by atoms with E-state index in [2.05, 4.69) is 52.4 Å². The van der Waals surface area contributed by atoms with E-state index in [1.165, 1.54) is 23.5 Å². The summed E-state index contributed by atoms with van der Waals surface area (Å²) in [5, 5.41) is 3.41. The maximum absolute atomic E-state index is 5.50. The van der Waals surface area contributed by atoms with Crippen LogP contribution in [0.25, 0.3) is 11.3 Å². The van der Waals surface area contributed by atoms with Gasteiger partial charge in [-0.25, -0.2) is 4.98 Å². The van der Waals surface area contributed by atoms with E-state index in [4.69, 9.17) is 9.72 Å². The monoisotopic (exact) mass is 343 g/mol. The Morgan fingerprint density at radius 1 is 1.17 bits per heavy atom. The van der Waals surface area contributed by atoms with E-state index in [1.807, 2.05) is 0 Å². The first-order chi connectivity index (χ1) is 11.8. The summed E-state index contributed by atoms with van der Waals surface area (Å²) in [6.45, 7) is 8.45. The first-order valence-electron chi connectivity index (χ1n) is 8.87. The Labute approximate surface area is 148 Å². The Kier molecular flexibility index (Phi) is 4.94. The third-order valence-corrected chi connectivity index (χ3v) is 6.15. The molecule has 0 aliphatic carbocycles. The topological polar surface area (TPSA) is 28.6 Å². The van der Waals surface area contributed by atoms with E-state index >= 15 is 0 Å². The SMILES string of the molecule is C[C@@H]1[C@H](N2CCOCC2)CCN1Cc1nc(-c2ccccc2)cs1. The molecule has 0 N–H and O–H groups in total. The van der Waals surface area contributed by atoms with Gasteiger partial charge in [-0.15, -0.1) is 11.3 Å². The third-order valence-electron chi connectivity index (χ3n) is 5.32. The van der Waals surface area contributed by atoms with Crippen LogP contribution in [0.5, 0.6) is 0 Å². The molecule has 2 saturated heterocycles. The van der Waals surface area contributed by atoms with Gasteiger partial charge in [0.1, 0.15) is 5.01 Å². The first kappa shape index (κ1) is 16.2. The number of ether oxygens (including phenoxy) is 1. The zero-order chi connectivity index (χ0) is 16.4.